The van der Waals surface area contributed by atoms with E-state index in [2.05, 4.69) is 118 Å². The van der Waals surface area contributed by atoms with E-state index in [0.29, 0.717) is 19.3 Å². The van der Waals surface area contributed by atoms with Crippen LogP contribution in [0.2, 0.25) is 0 Å². The normalized spacial score (nSPS) is 12.8. The summed E-state index contributed by atoms with van der Waals surface area (Å²) in [7, 11) is 0. The summed E-state index contributed by atoms with van der Waals surface area (Å²) in [6.45, 7) is 6.43. The fourth-order valence-corrected chi connectivity index (χ4v) is 7.28. The van der Waals surface area contributed by atoms with Crippen LogP contribution < -0.4 is 0 Å². The van der Waals surface area contributed by atoms with E-state index in [1.165, 1.54) is 89.9 Å². The number of unbranched alkanes of at least 4 members (excludes halogenated alkanes) is 21. The van der Waals surface area contributed by atoms with Gasteiger partial charge in [0.05, 0.1) is 0 Å². The smallest absolute Gasteiger partial charge is 0.306 e. The molecule has 0 aromatic carbocycles. The van der Waals surface area contributed by atoms with E-state index in [9.17, 15) is 14.4 Å². The van der Waals surface area contributed by atoms with Crippen molar-refractivity contribution in [3.05, 3.63) is 97.2 Å². The van der Waals surface area contributed by atoms with Crippen molar-refractivity contribution in [3.8, 4) is 0 Å². The minimum atomic E-state index is -0.773. The zero-order chi connectivity index (χ0) is 47.9. The monoisotopic (exact) mass is 917 g/mol. The Balaban J connectivity index is 4.03. The molecule has 0 spiro atoms. The molecule has 1 atom stereocenters. The predicted molar refractivity (Wildman–Crippen MR) is 284 cm³/mol. The van der Waals surface area contributed by atoms with E-state index in [0.717, 1.165) is 116 Å². The number of ether oxygens (including phenoxy) is 3. The first-order valence-electron chi connectivity index (χ1n) is 27.2. The molecule has 0 amide bonds. The Morgan fingerprint density at radius 1 is 0.318 bits per heavy atom. The molecule has 376 valence electrons. The van der Waals surface area contributed by atoms with Gasteiger partial charge in [0.1, 0.15) is 13.2 Å². The molecule has 0 saturated heterocycles. The van der Waals surface area contributed by atoms with Crippen LogP contribution >= 0.6 is 0 Å². The lowest BCUT2D eigenvalue weighted by atomic mass is 10.1. The lowest BCUT2D eigenvalue weighted by molar-refractivity contribution is -0.167. The van der Waals surface area contributed by atoms with Gasteiger partial charge in [0, 0.05) is 19.3 Å². The van der Waals surface area contributed by atoms with Crippen LogP contribution in [-0.4, -0.2) is 37.2 Å². The molecule has 0 radical (unpaired) electrons. The minimum Gasteiger partial charge on any atom is -0.462 e. The van der Waals surface area contributed by atoms with Gasteiger partial charge in [-0.1, -0.05) is 240 Å². The highest BCUT2D eigenvalue weighted by molar-refractivity contribution is 5.71. The third kappa shape index (κ3) is 51.3. The summed E-state index contributed by atoms with van der Waals surface area (Å²) < 4.78 is 16.7. The highest BCUT2D eigenvalue weighted by Gasteiger charge is 2.19. The van der Waals surface area contributed by atoms with Gasteiger partial charge in [-0.3, -0.25) is 14.4 Å². The van der Waals surface area contributed by atoms with Crippen molar-refractivity contribution in [3.63, 3.8) is 0 Å². The molecule has 66 heavy (non-hydrogen) atoms. The Morgan fingerprint density at radius 2 is 0.591 bits per heavy atom. The predicted octanol–water partition coefficient (Wildman–Crippen LogP) is 18.1. The Kier molecular flexibility index (Phi) is 50.9. The van der Waals surface area contributed by atoms with Crippen LogP contribution in [0, 0.1) is 0 Å². The maximum absolute atomic E-state index is 12.6. The summed E-state index contributed by atoms with van der Waals surface area (Å²) in [6.07, 6.45) is 71.5. The molecule has 0 fully saturated rings. The first-order valence-corrected chi connectivity index (χ1v) is 27.2. The van der Waals surface area contributed by atoms with Gasteiger partial charge in [-0.2, -0.15) is 0 Å². The van der Waals surface area contributed by atoms with E-state index < -0.39 is 6.10 Å². The Morgan fingerprint density at radius 3 is 0.924 bits per heavy atom. The third-order valence-corrected chi connectivity index (χ3v) is 11.4. The standard InChI is InChI=1S/C60H100O6/c1-4-7-10-13-16-18-19-20-21-22-23-24-25-26-27-28-29-30-31-32-33-34-35-36-37-38-39-40-41-42-45-47-50-53-59(62)65-56-57(55-64-58(61)52-49-46-43-15-12-9-6-3)66-60(63)54-51-48-44-17-14-11-8-5-2/h7,10,16,18,20-21,23-24,26-27,29-30,32-33,35-36,57H,4-6,8-9,11-15,17,19,22,25,28,31,34,37-56H2,1-3H3/b10-7-,18-16-,21-20-,24-23-,27-26-,30-29-,33-32-,36-35-. The summed E-state index contributed by atoms with van der Waals surface area (Å²) in [6, 6.07) is 0. The van der Waals surface area contributed by atoms with Crippen LogP contribution in [0.15, 0.2) is 97.2 Å². The molecule has 0 heterocycles. The molecule has 0 aliphatic rings. The molecule has 0 aliphatic carbocycles. The van der Waals surface area contributed by atoms with Gasteiger partial charge < -0.3 is 14.2 Å². The molecule has 6 nitrogen and oxygen atoms in total. The molecule has 6 heteroatoms. The van der Waals surface area contributed by atoms with Crippen molar-refractivity contribution in [1.82, 2.24) is 0 Å². The number of allylic oxidation sites excluding steroid dienone is 16. The van der Waals surface area contributed by atoms with Crippen molar-refractivity contribution >= 4 is 17.9 Å². The van der Waals surface area contributed by atoms with Gasteiger partial charge in [0.2, 0.25) is 0 Å². The molecule has 0 aromatic heterocycles. The lowest BCUT2D eigenvalue weighted by Gasteiger charge is -2.18. The third-order valence-electron chi connectivity index (χ3n) is 11.4. The number of hydrogen-bond donors (Lipinski definition) is 0. The van der Waals surface area contributed by atoms with Gasteiger partial charge in [0.15, 0.2) is 6.10 Å². The van der Waals surface area contributed by atoms with Crippen LogP contribution in [0.3, 0.4) is 0 Å². The summed E-state index contributed by atoms with van der Waals surface area (Å²) >= 11 is 0. The minimum absolute atomic E-state index is 0.0777. The molecule has 0 bridgehead atoms. The fraction of sp³-hybridized carbons (Fsp3) is 0.683. The van der Waals surface area contributed by atoms with Gasteiger partial charge in [0.25, 0.3) is 0 Å². The number of esters is 3. The lowest BCUT2D eigenvalue weighted by Crippen LogP contribution is -2.30. The average molecular weight is 917 g/mol. The topological polar surface area (TPSA) is 78.9 Å². The van der Waals surface area contributed by atoms with E-state index in [1.54, 1.807) is 0 Å². The largest absolute Gasteiger partial charge is 0.462 e. The summed E-state index contributed by atoms with van der Waals surface area (Å²) in [4.78, 5) is 37.6. The van der Waals surface area contributed by atoms with Crippen LogP contribution in [-0.2, 0) is 28.6 Å². The first-order chi connectivity index (χ1) is 32.5. The van der Waals surface area contributed by atoms with Crippen LogP contribution in [0.25, 0.3) is 0 Å². The number of carbonyl (C=O) groups is 3. The number of hydrogen-bond acceptors (Lipinski definition) is 6. The Hall–Kier alpha value is -3.67. The molecule has 0 rings (SSSR count). The second-order valence-electron chi connectivity index (χ2n) is 17.8. The van der Waals surface area contributed by atoms with Crippen molar-refractivity contribution in [2.45, 2.75) is 252 Å². The number of rotatable bonds is 48. The summed E-state index contributed by atoms with van der Waals surface area (Å²) in [5, 5.41) is 0. The molecular weight excluding hydrogens is 817 g/mol. The van der Waals surface area contributed by atoms with E-state index in [4.69, 9.17) is 14.2 Å². The van der Waals surface area contributed by atoms with Crippen molar-refractivity contribution < 1.29 is 28.6 Å². The summed E-state index contributed by atoms with van der Waals surface area (Å²) in [5.41, 5.74) is 0. The Bertz CT molecular complexity index is 1330. The number of carbonyl (C=O) groups excluding carboxylic acids is 3. The quantitative estimate of drug-likeness (QED) is 0.0262. The average Bonchev–Trinajstić information content (AvgIpc) is 3.31. The molecule has 0 aromatic rings. The molecule has 0 aliphatic heterocycles. The molecule has 0 saturated carbocycles. The van der Waals surface area contributed by atoms with E-state index >= 15 is 0 Å². The van der Waals surface area contributed by atoms with Crippen molar-refractivity contribution in [2.24, 2.45) is 0 Å². The van der Waals surface area contributed by atoms with Crippen LogP contribution in [0.1, 0.15) is 245 Å². The van der Waals surface area contributed by atoms with Gasteiger partial charge in [-0.05, 0) is 83.5 Å². The van der Waals surface area contributed by atoms with Crippen molar-refractivity contribution in [1.29, 1.82) is 0 Å². The maximum atomic E-state index is 12.6. The zero-order valence-corrected chi connectivity index (χ0v) is 42.9. The molecule has 1 unspecified atom stereocenters. The van der Waals surface area contributed by atoms with Crippen LogP contribution in [0.5, 0.6) is 0 Å². The van der Waals surface area contributed by atoms with Crippen LogP contribution in [0.4, 0.5) is 0 Å². The summed E-state index contributed by atoms with van der Waals surface area (Å²) in [5.74, 6) is -0.900. The van der Waals surface area contributed by atoms with Gasteiger partial charge >= 0.3 is 17.9 Å². The first kappa shape index (κ1) is 62.3. The molecular formula is C60H100O6. The zero-order valence-electron chi connectivity index (χ0n) is 42.9. The van der Waals surface area contributed by atoms with Gasteiger partial charge in [-0.25, -0.2) is 0 Å². The highest BCUT2D eigenvalue weighted by Crippen LogP contribution is 2.14. The van der Waals surface area contributed by atoms with E-state index in [1.807, 2.05) is 0 Å². The molecule has 0 N–H and O–H groups in total. The highest BCUT2D eigenvalue weighted by atomic mass is 16.6. The Labute approximate surface area is 407 Å². The fourth-order valence-electron chi connectivity index (χ4n) is 7.28. The van der Waals surface area contributed by atoms with Gasteiger partial charge in [-0.15, -0.1) is 0 Å². The SMILES string of the molecule is CC/C=C\C/C=C\C/C=C\C/C=C\C/C=C\C/C=C\C/C=C\C/C=C\CCCCCCCCCCC(=O)OCC(COC(=O)CCCCCCCCC)OC(=O)CCCCCCCCCC. The van der Waals surface area contributed by atoms with E-state index in [-0.39, 0.29) is 31.1 Å². The maximum Gasteiger partial charge on any atom is 0.306 e. The second kappa shape index (κ2) is 53.9. The second-order valence-corrected chi connectivity index (χ2v) is 17.8. The van der Waals surface area contributed by atoms with Crippen molar-refractivity contribution in [2.75, 3.05) is 13.2 Å².